The number of carbonyl (C=O) groups is 1. The van der Waals surface area contributed by atoms with E-state index in [1.54, 1.807) is 23.9 Å². The minimum atomic E-state index is -3.49. The molecule has 1 aliphatic rings. The van der Waals surface area contributed by atoms with Crippen molar-refractivity contribution in [2.45, 2.75) is 30.7 Å². The van der Waals surface area contributed by atoms with Crippen molar-refractivity contribution >= 4 is 27.7 Å². The van der Waals surface area contributed by atoms with Crippen molar-refractivity contribution in [1.29, 1.82) is 0 Å². The lowest BCUT2D eigenvalue weighted by Crippen LogP contribution is -2.27. The molecule has 1 aliphatic carbocycles. The fraction of sp³-hybridized carbons (Fsp3) is 0.500. The average Bonchev–Trinajstić information content (AvgIpc) is 3.28. The molecule has 0 aliphatic heterocycles. The Morgan fingerprint density at radius 1 is 1.29 bits per heavy atom. The third-order valence-corrected chi connectivity index (χ3v) is 5.46. The number of amides is 1. The summed E-state index contributed by atoms with van der Waals surface area (Å²) in [6, 6.07) is 6.33. The molecule has 116 valence electrons. The molecule has 2 rings (SSSR count). The van der Waals surface area contributed by atoms with Crippen molar-refractivity contribution in [3.63, 3.8) is 0 Å². The Morgan fingerprint density at radius 2 is 1.95 bits per heavy atom. The Hall–Kier alpha value is -1.05. The molecule has 2 N–H and O–H groups in total. The van der Waals surface area contributed by atoms with Gasteiger partial charge in [-0.05, 0) is 42.9 Å². The zero-order valence-electron chi connectivity index (χ0n) is 12.0. The fourth-order valence-corrected chi connectivity index (χ4v) is 3.45. The van der Waals surface area contributed by atoms with E-state index in [1.165, 1.54) is 12.1 Å². The van der Waals surface area contributed by atoms with E-state index in [9.17, 15) is 13.2 Å². The summed E-state index contributed by atoms with van der Waals surface area (Å²) >= 11 is 1.68. The van der Waals surface area contributed by atoms with Crippen LogP contribution in [0, 0.1) is 0 Å². The Morgan fingerprint density at radius 3 is 2.52 bits per heavy atom. The second-order valence-corrected chi connectivity index (χ2v) is 8.03. The van der Waals surface area contributed by atoms with Gasteiger partial charge in [0.2, 0.25) is 10.0 Å². The van der Waals surface area contributed by atoms with E-state index in [-0.39, 0.29) is 10.8 Å². The Balaban J connectivity index is 1.94. The molecular weight excluding hydrogens is 308 g/mol. The highest BCUT2D eigenvalue weighted by Gasteiger charge is 2.24. The molecule has 21 heavy (non-hydrogen) atoms. The van der Waals surface area contributed by atoms with Crippen LogP contribution in [0.1, 0.15) is 30.1 Å². The third-order valence-electron chi connectivity index (χ3n) is 3.08. The SMILES string of the molecule is CCSCCNS(=O)(=O)c1ccc(C(=O)NC2CC2)cc1. The molecule has 1 aromatic carbocycles. The van der Waals surface area contributed by atoms with Crippen molar-refractivity contribution in [2.75, 3.05) is 18.1 Å². The number of benzene rings is 1. The lowest BCUT2D eigenvalue weighted by atomic mass is 10.2. The summed E-state index contributed by atoms with van der Waals surface area (Å²) in [6.45, 7) is 2.44. The Labute approximate surface area is 129 Å². The number of nitrogens with one attached hydrogen (secondary N) is 2. The largest absolute Gasteiger partial charge is 0.349 e. The molecule has 0 heterocycles. The number of hydrogen-bond acceptors (Lipinski definition) is 4. The molecule has 0 bridgehead atoms. The van der Waals surface area contributed by atoms with Gasteiger partial charge in [0, 0.05) is 23.9 Å². The van der Waals surface area contributed by atoms with Crippen molar-refractivity contribution in [1.82, 2.24) is 10.0 Å². The first-order valence-electron chi connectivity index (χ1n) is 7.01. The normalized spacial score (nSPS) is 14.9. The van der Waals surface area contributed by atoms with E-state index in [2.05, 4.69) is 10.0 Å². The van der Waals surface area contributed by atoms with E-state index in [1.807, 2.05) is 6.92 Å². The minimum Gasteiger partial charge on any atom is -0.349 e. The van der Waals surface area contributed by atoms with E-state index >= 15 is 0 Å². The molecule has 1 saturated carbocycles. The second-order valence-electron chi connectivity index (χ2n) is 4.87. The van der Waals surface area contributed by atoms with Gasteiger partial charge in [-0.1, -0.05) is 6.92 Å². The van der Waals surface area contributed by atoms with Gasteiger partial charge in [-0.15, -0.1) is 0 Å². The fourth-order valence-electron chi connectivity index (χ4n) is 1.76. The standard InChI is InChI=1S/C14H20N2O3S2/c1-2-20-10-9-15-21(18,19)13-7-3-11(4-8-13)14(17)16-12-5-6-12/h3-4,7-8,12,15H,2,5-6,9-10H2,1H3,(H,16,17). The summed E-state index contributed by atoms with van der Waals surface area (Å²) in [5, 5.41) is 2.87. The Bertz CT molecular complexity index is 581. The maximum absolute atomic E-state index is 12.0. The predicted molar refractivity (Wildman–Crippen MR) is 85.1 cm³/mol. The van der Waals surface area contributed by atoms with Gasteiger partial charge in [0.05, 0.1) is 4.90 Å². The highest BCUT2D eigenvalue weighted by Crippen LogP contribution is 2.19. The topological polar surface area (TPSA) is 75.3 Å². The summed E-state index contributed by atoms with van der Waals surface area (Å²) in [6.07, 6.45) is 2.05. The number of carbonyl (C=O) groups excluding carboxylic acids is 1. The monoisotopic (exact) mass is 328 g/mol. The van der Waals surface area contributed by atoms with Crippen LogP contribution in [0.25, 0.3) is 0 Å². The van der Waals surface area contributed by atoms with Crippen LogP contribution in [0.4, 0.5) is 0 Å². The van der Waals surface area contributed by atoms with Crippen LogP contribution in [0.15, 0.2) is 29.2 Å². The molecule has 0 aromatic heterocycles. The minimum absolute atomic E-state index is 0.145. The van der Waals surface area contributed by atoms with Crippen LogP contribution in [0.3, 0.4) is 0 Å². The highest BCUT2D eigenvalue weighted by molar-refractivity contribution is 7.99. The maximum atomic E-state index is 12.0. The maximum Gasteiger partial charge on any atom is 0.251 e. The van der Waals surface area contributed by atoms with Gasteiger partial charge in [-0.3, -0.25) is 4.79 Å². The first-order valence-corrected chi connectivity index (χ1v) is 9.65. The number of hydrogen-bond donors (Lipinski definition) is 2. The molecule has 0 unspecified atom stereocenters. The summed E-state index contributed by atoms with van der Waals surface area (Å²) in [5.74, 6) is 1.57. The van der Waals surface area contributed by atoms with E-state index in [4.69, 9.17) is 0 Å². The molecule has 1 amide bonds. The molecule has 7 heteroatoms. The van der Waals surface area contributed by atoms with Gasteiger partial charge in [0.15, 0.2) is 0 Å². The van der Waals surface area contributed by atoms with E-state index in [0.29, 0.717) is 18.2 Å². The molecule has 0 radical (unpaired) electrons. The van der Waals surface area contributed by atoms with E-state index < -0.39 is 10.0 Å². The van der Waals surface area contributed by atoms with Gasteiger partial charge in [0.25, 0.3) is 5.91 Å². The van der Waals surface area contributed by atoms with Gasteiger partial charge < -0.3 is 5.32 Å². The van der Waals surface area contributed by atoms with Crippen LogP contribution in [0.5, 0.6) is 0 Å². The average molecular weight is 328 g/mol. The zero-order chi connectivity index (χ0) is 15.3. The third kappa shape index (κ3) is 5.01. The van der Waals surface area contributed by atoms with Gasteiger partial charge in [-0.2, -0.15) is 11.8 Å². The number of sulfonamides is 1. The van der Waals surface area contributed by atoms with Crippen molar-refractivity contribution in [2.24, 2.45) is 0 Å². The smallest absolute Gasteiger partial charge is 0.251 e. The molecule has 0 spiro atoms. The second kappa shape index (κ2) is 7.29. The summed E-state index contributed by atoms with van der Waals surface area (Å²) < 4.78 is 26.6. The van der Waals surface area contributed by atoms with Crippen LogP contribution in [-0.4, -0.2) is 38.4 Å². The van der Waals surface area contributed by atoms with Crippen molar-refractivity contribution < 1.29 is 13.2 Å². The van der Waals surface area contributed by atoms with Crippen LogP contribution < -0.4 is 10.0 Å². The molecule has 1 fully saturated rings. The molecule has 0 atom stereocenters. The molecular formula is C14H20N2O3S2. The van der Waals surface area contributed by atoms with Crippen molar-refractivity contribution in [3.8, 4) is 0 Å². The lowest BCUT2D eigenvalue weighted by Gasteiger charge is -2.07. The van der Waals surface area contributed by atoms with Gasteiger partial charge >= 0.3 is 0 Å². The molecule has 0 saturated heterocycles. The Kier molecular flexibility index (Phi) is 5.66. The summed E-state index contributed by atoms with van der Waals surface area (Å²) in [5.41, 5.74) is 0.488. The first kappa shape index (κ1) is 16.3. The van der Waals surface area contributed by atoms with Crippen LogP contribution >= 0.6 is 11.8 Å². The first-order chi connectivity index (χ1) is 10.0. The molecule has 1 aromatic rings. The molecule has 5 nitrogen and oxygen atoms in total. The van der Waals surface area contributed by atoms with Crippen LogP contribution in [0.2, 0.25) is 0 Å². The van der Waals surface area contributed by atoms with Gasteiger partial charge in [-0.25, -0.2) is 13.1 Å². The van der Waals surface area contributed by atoms with E-state index in [0.717, 1.165) is 24.3 Å². The summed E-state index contributed by atoms with van der Waals surface area (Å²) in [7, 11) is -3.49. The number of thioether (sulfide) groups is 1. The lowest BCUT2D eigenvalue weighted by molar-refractivity contribution is 0.0951. The highest BCUT2D eigenvalue weighted by atomic mass is 32.2. The predicted octanol–water partition coefficient (Wildman–Crippen LogP) is 1.61. The zero-order valence-corrected chi connectivity index (χ0v) is 13.6. The van der Waals surface area contributed by atoms with Crippen molar-refractivity contribution in [3.05, 3.63) is 29.8 Å². The number of rotatable bonds is 8. The summed E-state index contributed by atoms with van der Waals surface area (Å²) in [4.78, 5) is 12.0. The quantitative estimate of drug-likeness (QED) is 0.711. The van der Waals surface area contributed by atoms with Gasteiger partial charge in [0.1, 0.15) is 0 Å². The van der Waals surface area contributed by atoms with Crippen LogP contribution in [-0.2, 0) is 10.0 Å².